The molecule has 2 aromatic rings. The van der Waals surface area contributed by atoms with E-state index in [1.807, 2.05) is 24.5 Å². The van der Waals surface area contributed by atoms with Crippen molar-refractivity contribution in [3.05, 3.63) is 82.6 Å². The Morgan fingerprint density at radius 2 is 1.73 bits per heavy atom. The molecule has 30 heavy (non-hydrogen) atoms. The highest BCUT2D eigenvalue weighted by molar-refractivity contribution is 5.29. The molecule has 0 saturated heterocycles. The molecule has 0 unspecified atom stereocenters. The van der Waals surface area contributed by atoms with Gasteiger partial charge in [0.15, 0.2) is 0 Å². The maximum absolute atomic E-state index is 4.59. The van der Waals surface area contributed by atoms with E-state index in [9.17, 15) is 0 Å². The molecule has 0 atom stereocenters. The number of allylic oxidation sites excluding steroid dienone is 2. The molecule has 1 aliphatic heterocycles. The van der Waals surface area contributed by atoms with Crippen LogP contribution in [0.1, 0.15) is 36.4 Å². The van der Waals surface area contributed by atoms with Gasteiger partial charge in [-0.2, -0.15) is 0 Å². The lowest BCUT2D eigenvalue weighted by atomic mass is 10.1. The number of pyridine rings is 2. The third-order valence-corrected chi connectivity index (χ3v) is 5.82. The fourth-order valence-electron chi connectivity index (χ4n) is 3.78. The number of hydrogen-bond acceptors (Lipinski definition) is 5. The molecule has 0 amide bonds. The van der Waals surface area contributed by atoms with Gasteiger partial charge in [-0.15, -0.1) is 0 Å². The van der Waals surface area contributed by atoms with Crippen molar-refractivity contribution in [1.29, 1.82) is 0 Å². The normalized spacial score (nSPS) is 14.1. The molecular weight excluding hydrogens is 370 g/mol. The van der Waals surface area contributed by atoms with Crippen LogP contribution in [0.4, 0.5) is 0 Å². The lowest BCUT2D eigenvalue weighted by molar-refractivity contribution is 0.273. The maximum atomic E-state index is 4.59. The summed E-state index contributed by atoms with van der Waals surface area (Å²) in [4.78, 5) is 14.0. The van der Waals surface area contributed by atoms with E-state index in [2.05, 4.69) is 77.1 Å². The molecule has 1 aliphatic rings. The van der Waals surface area contributed by atoms with Crippen LogP contribution in [0.25, 0.3) is 0 Å². The minimum absolute atomic E-state index is 0.853. The number of likely N-dealkylation sites (N-methyl/N-ethyl adjacent to an activating group) is 1. The Kier molecular flexibility index (Phi) is 8.17. The van der Waals surface area contributed by atoms with E-state index in [0.717, 1.165) is 51.5 Å². The van der Waals surface area contributed by atoms with Gasteiger partial charge in [0, 0.05) is 50.8 Å². The minimum Gasteiger partial charge on any atom is -0.364 e. The SMILES string of the molecule is CCN(CCNCC1=C(C)C=CCN1Cc1ncccc1C)Cc1ncccc1C. The van der Waals surface area contributed by atoms with Gasteiger partial charge in [0.05, 0.1) is 17.9 Å². The summed E-state index contributed by atoms with van der Waals surface area (Å²) in [6.45, 7) is 15.2. The predicted molar refractivity (Wildman–Crippen MR) is 124 cm³/mol. The summed E-state index contributed by atoms with van der Waals surface area (Å²) in [6.07, 6.45) is 8.25. The summed E-state index contributed by atoms with van der Waals surface area (Å²) in [5.41, 5.74) is 7.54. The van der Waals surface area contributed by atoms with E-state index in [1.54, 1.807) is 0 Å². The summed E-state index contributed by atoms with van der Waals surface area (Å²) in [6, 6.07) is 8.28. The quantitative estimate of drug-likeness (QED) is 0.608. The number of hydrogen-bond donors (Lipinski definition) is 1. The van der Waals surface area contributed by atoms with Gasteiger partial charge in [-0.25, -0.2) is 0 Å². The average Bonchev–Trinajstić information content (AvgIpc) is 2.74. The van der Waals surface area contributed by atoms with Gasteiger partial charge in [0.25, 0.3) is 0 Å². The van der Waals surface area contributed by atoms with Crippen molar-refractivity contribution in [2.45, 2.75) is 40.8 Å². The van der Waals surface area contributed by atoms with Crippen LogP contribution < -0.4 is 5.32 Å². The Bertz CT molecular complexity index is 887. The summed E-state index contributed by atoms with van der Waals surface area (Å²) in [5.74, 6) is 0. The highest BCUT2D eigenvalue weighted by Crippen LogP contribution is 2.19. The molecule has 0 radical (unpaired) electrons. The maximum Gasteiger partial charge on any atom is 0.0626 e. The molecule has 0 saturated carbocycles. The molecule has 1 N–H and O–H groups in total. The molecule has 5 nitrogen and oxygen atoms in total. The third-order valence-electron chi connectivity index (χ3n) is 5.82. The van der Waals surface area contributed by atoms with Crippen molar-refractivity contribution >= 4 is 0 Å². The van der Waals surface area contributed by atoms with Crippen LogP contribution in [0.2, 0.25) is 0 Å². The Morgan fingerprint density at radius 3 is 2.40 bits per heavy atom. The van der Waals surface area contributed by atoms with Gasteiger partial charge >= 0.3 is 0 Å². The van der Waals surface area contributed by atoms with Gasteiger partial charge in [-0.1, -0.05) is 31.2 Å². The molecule has 5 heteroatoms. The molecule has 160 valence electrons. The van der Waals surface area contributed by atoms with Crippen LogP contribution in [0, 0.1) is 13.8 Å². The molecule has 0 aliphatic carbocycles. The monoisotopic (exact) mass is 405 g/mol. The highest BCUT2D eigenvalue weighted by atomic mass is 15.2. The molecular formula is C25H35N5. The van der Waals surface area contributed by atoms with E-state index in [0.29, 0.717) is 0 Å². The molecule has 0 spiro atoms. The van der Waals surface area contributed by atoms with E-state index >= 15 is 0 Å². The number of nitrogens with one attached hydrogen (secondary N) is 1. The van der Waals surface area contributed by atoms with Gasteiger partial charge < -0.3 is 10.2 Å². The van der Waals surface area contributed by atoms with Gasteiger partial charge in [0.2, 0.25) is 0 Å². The van der Waals surface area contributed by atoms with Crippen LogP contribution in [-0.2, 0) is 13.1 Å². The van der Waals surface area contributed by atoms with E-state index in [-0.39, 0.29) is 0 Å². The van der Waals surface area contributed by atoms with Gasteiger partial charge in [-0.3, -0.25) is 14.9 Å². The molecule has 0 bridgehead atoms. The molecule has 3 heterocycles. The van der Waals surface area contributed by atoms with Gasteiger partial charge in [0.1, 0.15) is 0 Å². The Morgan fingerprint density at radius 1 is 1.03 bits per heavy atom. The number of nitrogens with zero attached hydrogens (tertiary/aromatic N) is 4. The topological polar surface area (TPSA) is 44.3 Å². The van der Waals surface area contributed by atoms with E-state index in [4.69, 9.17) is 0 Å². The zero-order valence-corrected chi connectivity index (χ0v) is 18.9. The lowest BCUT2D eigenvalue weighted by Crippen LogP contribution is -2.36. The largest absolute Gasteiger partial charge is 0.364 e. The van der Waals surface area contributed by atoms with Crippen molar-refractivity contribution < 1.29 is 0 Å². The van der Waals surface area contributed by atoms with Crippen molar-refractivity contribution in [2.24, 2.45) is 0 Å². The van der Waals surface area contributed by atoms with Crippen LogP contribution in [0.3, 0.4) is 0 Å². The first kappa shape index (κ1) is 22.2. The number of rotatable bonds is 10. The molecule has 0 aromatic carbocycles. The molecule has 0 fully saturated rings. The van der Waals surface area contributed by atoms with Crippen LogP contribution in [0.5, 0.6) is 0 Å². The third kappa shape index (κ3) is 6.00. The van der Waals surface area contributed by atoms with E-state index in [1.165, 1.54) is 28.1 Å². The molecule has 3 rings (SSSR count). The zero-order valence-electron chi connectivity index (χ0n) is 18.9. The first-order valence-electron chi connectivity index (χ1n) is 10.9. The standard InChI is InChI=1S/C25H35N5/c1-5-29(18-23-20(2)9-6-12-27-23)16-14-26-17-25-22(4)11-8-15-30(25)19-24-21(3)10-7-13-28-24/h6-13,26H,5,14-19H2,1-4H3. The zero-order chi connectivity index (χ0) is 21.3. The Hall–Kier alpha value is -2.50. The second kappa shape index (κ2) is 11.0. The first-order valence-corrected chi connectivity index (χ1v) is 10.9. The lowest BCUT2D eigenvalue weighted by Gasteiger charge is -2.31. The summed E-state index contributed by atoms with van der Waals surface area (Å²) < 4.78 is 0. The van der Waals surface area contributed by atoms with Crippen molar-refractivity contribution in [1.82, 2.24) is 25.1 Å². The summed E-state index contributed by atoms with van der Waals surface area (Å²) in [7, 11) is 0. The summed E-state index contributed by atoms with van der Waals surface area (Å²) >= 11 is 0. The highest BCUT2D eigenvalue weighted by Gasteiger charge is 2.16. The predicted octanol–water partition coefficient (Wildman–Crippen LogP) is 3.85. The van der Waals surface area contributed by atoms with Crippen molar-refractivity contribution in [3.63, 3.8) is 0 Å². The fourth-order valence-corrected chi connectivity index (χ4v) is 3.78. The van der Waals surface area contributed by atoms with Crippen molar-refractivity contribution in [2.75, 3.05) is 32.7 Å². The number of aromatic nitrogens is 2. The van der Waals surface area contributed by atoms with Crippen LogP contribution >= 0.6 is 0 Å². The fraction of sp³-hybridized carbons (Fsp3) is 0.440. The summed E-state index contributed by atoms with van der Waals surface area (Å²) in [5, 5.41) is 3.67. The van der Waals surface area contributed by atoms with E-state index < -0.39 is 0 Å². The number of aryl methyl sites for hydroxylation is 2. The van der Waals surface area contributed by atoms with Crippen molar-refractivity contribution in [3.8, 4) is 0 Å². The second-order valence-corrected chi connectivity index (χ2v) is 7.99. The Balaban J connectivity index is 1.53. The smallest absolute Gasteiger partial charge is 0.0626 e. The first-order chi connectivity index (χ1) is 14.6. The van der Waals surface area contributed by atoms with Crippen LogP contribution in [0.15, 0.2) is 60.1 Å². The average molecular weight is 406 g/mol. The van der Waals surface area contributed by atoms with Gasteiger partial charge in [-0.05, 0) is 56.1 Å². The minimum atomic E-state index is 0.853. The Labute approximate surface area is 181 Å². The second-order valence-electron chi connectivity index (χ2n) is 7.99. The molecule has 2 aromatic heterocycles. The van der Waals surface area contributed by atoms with Crippen LogP contribution in [-0.4, -0.2) is 52.5 Å².